The zero-order valence-electron chi connectivity index (χ0n) is 8.77. The summed E-state index contributed by atoms with van der Waals surface area (Å²) in [6.45, 7) is 1.97. The van der Waals surface area contributed by atoms with Gasteiger partial charge in [-0.2, -0.15) is 0 Å². The second-order valence-corrected chi connectivity index (χ2v) is 4.50. The van der Waals surface area contributed by atoms with Crippen LogP contribution in [0.2, 0.25) is 0 Å². The number of aromatic nitrogens is 2. The maximum atomic E-state index is 4.17. The minimum atomic E-state index is 0.150. The number of benzene rings is 1. The predicted octanol–water partition coefficient (Wildman–Crippen LogP) is 2.16. The summed E-state index contributed by atoms with van der Waals surface area (Å²) < 4.78 is 0. The molecule has 0 radical (unpaired) electrons. The molecule has 1 aromatic heterocycles. The summed E-state index contributed by atoms with van der Waals surface area (Å²) in [5.74, 6) is 0. The molecule has 0 aliphatic carbocycles. The lowest BCUT2D eigenvalue weighted by molar-refractivity contribution is 0.677. The molecule has 2 aromatic rings. The lowest BCUT2D eigenvalue weighted by Gasteiger charge is -2.12. The van der Waals surface area contributed by atoms with Gasteiger partial charge in [-0.05, 0) is 19.5 Å². The highest BCUT2D eigenvalue weighted by molar-refractivity contribution is 7.11. The maximum Gasteiger partial charge on any atom is 0.139 e. The molecule has 2 rings (SSSR count). The Morgan fingerprint density at radius 1 is 1.20 bits per heavy atom. The smallest absolute Gasteiger partial charge is 0.139 e. The molecule has 1 N–H and O–H groups in total. The van der Waals surface area contributed by atoms with Crippen LogP contribution in [0.5, 0.6) is 0 Å². The van der Waals surface area contributed by atoms with Gasteiger partial charge in [0.2, 0.25) is 0 Å². The van der Waals surface area contributed by atoms with Crippen molar-refractivity contribution in [3.63, 3.8) is 0 Å². The van der Waals surface area contributed by atoms with Gasteiger partial charge in [-0.25, -0.2) is 0 Å². The van der Waals surface area contributed by atoms with Crippen LogP contribution < -0.4 is 5.32 Å². The highest BCUT2D eigenvalue weighted by Crippen LogP contribution is 2.23. The summed E-state index contributed by atoms with van der Waals surface area (Å²) in [6, 6.07) is 10.4. The maximum absolute atomic E-state index is 4.17. The van der Waals surface area contributed by atoms with Crippen LogP contribution in [-0.2, 0) is 0 Å². The summed E-state index contributed by atoms with van der Waals surface area (Å²) in [5, 5.41) is 13.5. The van der Waals surface area contributed by atoms with Gasteiger partial charge in [0.25, 0.3) is 0 Å². The highest BCUT2D eigenvalue weighted by Gasteiger charge is 2.15. The van der Waals surface area contributed by atoms with Crippen LogP contribution in [0.25, 0.3) is 0 Å². The van der Waals surface area contributed by atoms with E-state index < -0.39 is 0 Å². The molecule has 1 heterocycles. The van der Waals surface area contributed by atoms with Gasteiger partial charge in [-0.3, -0.25) is 0 Å². The summed E-state index contributed by atoms with van der Waals surface area (Å²) in [6.07, 6.45) is 0. The van der Waals surface area contributed by atoms with Crippen molar-refractivity contribution in [3.8, 4) is 0 Å². The Bertz CT molecular complexity index is 424. The van der Waals surface area contributed by atoms with Crippen molar-refractivity contribution in [1.29, 1.82) is 0 Å². The third-order valence-electron chi connectivity index (χ3n) is 2.21. The Labute approximate surface area is 93.2 Å². The second-order valence-electron chi connectivity index (χ2n) is 3.29. The van der Waals surface area contributed by atoms with Crippen LogP contribution in [0.3, 0.4) is 0 Å². The molecule has 1 aromatic carbocycles. The predicted molar refractivity (Wildman–Crippen MR) is 62.0 cm³/mol. The van der Waals surface area contributed by atoms with Crippen molar-refractivity contribution in [1.82, 2.24) is 15.5 Å². The quantitative estimate of drug-likeness (QED) is 0.859. The van der Waals surface area contributed by atoms with E-state index >= 15 is 0 Å². The molecule has 1 unspecified atom stereocenters. The zero-order valence-corrected chi connectivity index (χ0v) is 9.58. The fraction of sp³-hybridized carbons (Fsp3) is 0.273. The van der Waals surface area contributed by atoms with Crippen LogP contribution in [-0.4, -0.2) is 17.2 Å². The van der Waals surface area contributed by atoms with Gasteiger partial charge in [0.15, 0.2) is 0 Å². The SMILES string of the molecule is CNC(c1ccccc1)c1nnc(C)s1. The molecule has 4 heteroatoms. The average molecular weight is 219 g/mol. The zero-order chi connectivity index (χ0) is 10.7. The summed E-state index contributed by atoms with van der Waals surface area (Å²) in [5.41, 5.74) is 1.22. The first-order valence-electron chi connectivity index (χ1n) is 4.83. The third kappa shape index (κ3) is 2.22. The van der Waals surface area contributed by atoms with Crippen molar-refractivity contribution in [2.75, 3.05) is 7.05 Å². The van der Waals surface area contributed by atoms with E-state index in [4.69, 9.17) is 0 Å². The van der Waals surface area contributed by atoms with Crippen molar-refractivity contribution in [2.45, 2.75) is 13.0 Å². The van der Waals surface area contributed by atoms with E-state index in [2.05, 4.69) is 27.6 Å². The molecular weight excluding hydrogens is 206 g/mol. The number of hydrogen-bond donors (Lipinski definition) is 1. The lowest BCUT2D eigenvalue weighted by Crippen LogP contribution is -2.17. The average Bonchev–Trinajstić information content (AvgIpc) is 2.68. The van der Waals surface area contributed by atoms with E-state index in [-0.39, 0.29) is 6.04 Å². The molecule has 0 aliphatic rings. The summed E-state index contributed by atoms with van der Waals surface area (Å²) in [4.78, 5) is 0. The molecule has 0 amide bonds. The molecule has 78 valence electrons. The van der Waals surface area contributed by atoms with Crippen LogP contribution in [0, 0.1) is 6.92 Å². The van der Waals surface area contributed by atoms with Crippen LogP contribution in [0.4, 0.5) is 0 Å². The van der Waals surface area contributed by atoms with Crippen LogP contribution in [0.1, 0.15) is 21.6 Å². The summed E-state index contributed by atoms with van der Waals surface area (Å²) in [7, 11) is 1.94. The van der Waals surface area contributed by atoms with E-state index in [0.717, 1.165) is 10.0 Å². The molecule has 0 saturated heterocycles. The van der Waals surface area contributed by atoms with Crippen molar-refractivity contribution in [2.24, 2.45) is 0 Å². The Balaban J connectivity index is 2.33. The van der Waals surface area contributed by atoms with Gasteiger partial charge in [0, 0.05) is 0 Å². The number of aryl methyl sites for hydroxylation is 1. The third-order valence-corrected chi connectivity index (χ3v) is 3.11. The molecular formula is C11H13N3S. The molecule has 0 saturated carbocycles. The molecule has 1 atom stereocenters. The molecule has 0 spiro atoms. The monoisotopic (exact) mass is 219 g/mol. The molecule has 0 fully saturated rings. The Hall–Kier alpha value is -1.26. The first-order valence-corrected chi connectivity index (χ1v) is 5.65. The molecule has 3 nitrogen and oxygen atoms in total. The number of hydrogen-bond acceptors (Lipinski definition) is 4. The number of nitrogens with one attached hydrogen (secondary N) is 1. The minimum absolute atomic E-state index is 0.150. The Morgan fingerprint density at radius 2 is 1.93 bits per heavy atom. The standard InChI is InChI=1S/C11H13N3S/c1-8-13-14-11(15-8)10(12-2)9-6-4-3-5-7-9/h3-7,10,12H,1-2H3. The van der Waals surface area contributed by atoms with E-state index in [9.17, 15) is 0 Å². The van der Waals surface area contributed by atoms with Crippen LogP contribution >= 0.6 is 11.3 Å². The topological polar surface area (TPSA) is 37.8 Å². The van der Waals surface area contributed by atoms with Crippen LogP contribution in [0.15, 0.2) is 30.3 Å². The van der Waals surface area contributed by atoms with E-state index in [1.54, 1.807) is 11.3 Å². The fourth-order valence-corrected chi connectivity index (χ4v) is 2.34. The van der Waals surface area contributed by atoms with E-state index in [1.165, 1.54) is 5.56 Å². The lowest BCUT2D eigenvalue weighted by atomic mass is 10.1. The Kier molecular flexibility index (Phi) is 3.08. The van der Waals surface area contributed by atoms with Gasteiger partial charge in [0.05, 0.1) is 6.04 Å². The van der Waals surface area contributed by atoms with Crippen molar-refractivity contribution in [3.05, 3.63) is 45.9 Å². The number of rotatable bonds is 3. The van der Waals surface area contributed by atoms with E-state index in [1.807, 2.05) is 32.2 Å². The van der Waals surface area contributed by atoms with Gasteiger partial charge in [-0.15, -0.1) is 10.2 Å². The number of nitrogens with zero attached hydrogens (tertiary/aromatic N) is 2. The second kappa shape index (κ2) is 4.51. The normalized spacial score (nSPS) is 12.7. The minimum Gasteiger partial charge on any atom is -0.307 e. The fourth-order valence-electron chi connectivity index (χ4n) is 1.51. The van der Waals surface area contributed by atoms with Gasteiger partial charge >= 0.3 is 0 Å². The molecule has 0 bridgehead atoms. The van der Waals surface area contributed by atoms with Gasteiger partial charge in [0.1, 0.15) is 10.0 Å². The van der Waals surface area contributed by atoms with Crippen molar-refractivity contribution < 1.29 is 0 Å². The molecule has 15 heavy (non-hydrogen) atoms. The Morgan fingerprint density at radius 3 is 2.47 bits per heavy atom. The van der Waals surface area contributed by atoms with Gasteiger partial charge in [-0.1, -0.05) is 41.7 Å². The largest absolute Gasteiger partial charge is 0.307 e. The highest BCUT2D eigenvalue weighted by atomic mass is 32.1. The van der Waals surface area contributed by atoms with Gasteiger partial charge < -0.3 is 5.32 Å². The first-order chi connectivity index (χ1) is 7.31. The molecule has 0 aliphatic heterocycles. The van der Waals surface area contributed by atoms with E-state index in [0.29, 0.717) is 0 Å². The summed E-state index contributed by atoms with van der Waals surface area (Å²) >= 11 is 1.63. The first kappa shape index (κ1) is 10.3. The van der Waals surface area contributed by atoms with Crippen molar-refractivity contribution >= 4 is 11.3 Å².